The third kappa shape index (κ3) is 3.22. The Bertz CT molecular complexity index is 1320. The molecule has 0 aliphatic heterocycles. The predicted octanol–water partition coefficient (Wildman–Crippen LogP) is 3.51. The number of aromatic nitrogens is 3. The molecule has 0 radical (unpaired) electrons. The Hall–Kier alpha value is -4.06. The summed E-state index contributed by atoms with van der Waals surface area (Å²) in [6, 6.07) is 23.0. The van der Waals surface area contributed by atoms with Gasteiger partial charge < -0.3 is 5.21 Å². The SMILES string of the molecule is Cc1ccc(-c2ccc(CCn3c4c(n[n+]3[O-])C(=O)c3ccccc3C4=O)cc2)cc1. The number of aryl methyl sites for hydroxylation is 2. The lowest BCUT2D eigenvalue weighted by molar-refractivity contribution is -0.749. The van der Waals surface area contributed by atoms with E-state index in [2.05, 4.69) is 36.3 Å². The van der Waals surface area contributed by atoms with E-state index in [4.69, 9.17) is 0 Å². The van der Waals surface area contributed by atoms with Crippen LogP contribution in [0, 0.1) is 12.1 Å². The normalized spacial score (nSPS) is 12.5. The molecule has 0 bridgehead atoms. The first-order valence-electron chi connectivity index (χ1n) is 10.1. The summed E-state index contributed by atoms with van der Waals surface area (Å²) < 4.78 is 1.25. The molecule has 0 unspecified atom stereocenters. The smallest absolute Gasteiger partial charge is 0.220 e. The lowest BCUT2D eigenvalue weighted by Crippen LogP contribution is -2.41. The summed E-state index contributed by atoms with van der Waals surface area (Å²) in [4.78, 5) is 26.0. The van der Waals surface area contributed by atoms with Crippen LogP contribution in [-0.2, 0) is 13.0 Å². The fraction of sp³-hybridized carbons (Fsp3) is 0.120. The van der Waals surface area contributed by atoms with Gasteiger partial charge in [-0.3, -0.25) is 9.59 Å². The summed E-state index contributed by atoms with van der Waals surface area (Å²) in [6.07, 6.45) is 0.530. The van der Waals surface area contributed by atoms with Crippen molar-refractivity contribution in [2.45, 2.75) is 19.9 Å². The van der Waals surface area contributed by atoms with E-state index in [0.717, 1.165) is 16.7 Å². The van der Waals surface area contributed by atoms with E-state index in [0.29, 0.717) is 16.9 Å². The number of hydrogen-bond acceptors (Lipinski definition) is 4. The maximum Gasteiger partial charge on any atom is 0.220 e. The van der Waals surface area contributed by atoms with Crippen molar-refractivity contribution in [3.8, 4) is 11.1 Å². The van der Waals surface area contributed by atoms with Gasteiger partial charge in [0, 0.05) is 21.2 Å². The van der Waals surface area contributed by atoms with E-state index in [1.807, 2.05) is 24.3 Å². The van der Waals surface area contributed by atoms with Crippen molar-refractivity contribution in [1.29, 1.82) is 0 Å². The average molecular weight is 409 g/mol. The molecule has 0 saturated carbocycles. The summed E-state index contributed by atoms with van der Waals surface area (Å²) in [5.41, 5.74) is 5.07. The Morgan fingerprint density at radius 1 is 0.839 bits per heavy atom. The standard InChI is InChI=1S/C25H19N3O3/c1-16-6-10-18(11-7-16)19-12-8-17(9-13-19)14-15-27-23-22(26-28(27)31)24(29)20-4-2-3-5-21(20)25(23)30/h2-13H,14-15H2,1H3. The molecule has 0 N–H and O–H groups in total. The van der Waals surface area contributed by atoms with Crippen LogP contribution in [0.3, 0.4) is 0 Å². The molecule has 152 valence electrons. The quantitative estimate of drug-likeness (QED) is 0.336. The predicted molar refractivity (Wildman–Crippen MR) is 115 cm³/mol. The zero-order valence-electron chi connectivity index (χ0n) is 16.9. The van der Waals surface area contributed by atoms with E-state index in [9.17, 15) is 14.8 Å². The minimum Gasteiger partial charge on any atom is -0.571 e. The number of rotatable bonds is 4. The van der Waals surface area contributed by atoms with Crippen molar-refractivity contribution in [3.05, 3.63) is 112 Å². The van der Waals surface area contributed by atoms with E-state index >= 15 is 0 Å². The van der Waals surface area contributed by atoms with Gasteiger partial charge in [0.25, 0.3) is 0 Å². The summed E-state index contributed by atoms with van der Waals surface area (Å²) in [5.74, 6) is -0.738. The van der Waals surface area contributed by atoms with Gasteiger partial charge in [-0.1, -0.05) is 78.4 Å². The zero-order chi connectivity index (χ0) is 21.5. The summed E-state index contributed by atoms with van der Waals surface area (Å²) >= 11 is 0. The molecule has 3 aromatic carbocycles. The van der Waals surface area contributed by atoms with Gasteiger partial charge in [0.2, 0.25) is 17.3 Å². The van der Waals surface area contributed by atoms with Crippen LogP contribution in [0.25, 0.3) is 11.1 Å². The second-order valence-corrected chi connectivity index (χ2v) is 7.69. The van der Waals surface area contributed by atoms with Gasteiger partial charge in [0.1, 0.15) is 0 Å². The maximum atomic E-state index is 13.0. The highest BCUT2D eigenvalue weighted by Crippen LogP contribution is 2.26. The number of benzene rings is 3. The van der Waals surface area contributed by atoms with Crippen molar-refractivity contribution in [3.63, 3.8) is 0 Å². The van der Waals surface area contributed by atoms with E-state index < -0.39 is 5.78 Å². The molecule has 0 fully saturated rings. The number of hydrogen-bond donors (Lipinski definition) is 0. The van der Waals surface area contributed by atoms with Crippen LogP contribution in [-0.4, -0.2) is 21.3 Å². The van der Waals surface area contributed by atoms with Crippen LogP contribution in [0.15, 0.2) is 72.8 Å². The van der Waals surface area contributed by atoms with Gasteiger partial charge in [-0.2, -0.15) is 0 Å². The second-order valence-electron chi connectivity index (χ2n) is 7.69. The van der Waals surface area contributed by atoms with Gasteiger partial charge in [-0.15, -0.1) is 4.68 Å². The molecule has 0 saturated heterocycles. The Morgan fingerprint density at radius 3 is 2.06 bits per heavy atom. The minimum absolute atomic E-state index is 0.0648. The van der Waals surface area contributed by atoms with Crippen LogP contribution in [0.1, 0.15) is 43.2 Å². The molecule has 6 heteroatoms. The first kappa shape index (κ1) is 18.9. The van der Waals surface area contributed by atoms with Crippen molar-refractivity contribution < 1.29 is 14.5 Å². The third-order valence-corrected chi connectivity index (χ3v) is 5.67. The van der Waals surface area contributed by atoms with Crippen LogP contribution in [0.5, 0.6) is 0 Å². The Kier molecular flexibility index (Phi) is 4.47. The topological polar surface area (TPSA) is 78.9 Å². The first-order valence-corrected chi connectivity index (χ1v) is 10.1. The number of carbonyl (C=O) groups is 2. The van der Waals surface area contributed by atoms with Gasteiger partial charge in [0.15, 0.2) is 5.69 Å². The molecule has 6 nitrogen and oxygen atoms in total. The highest BCUT2D eigenvalue weighted by atomic mass is 16.5. The molecular weight excluding hydrogens is 390 g/mol. The summed E-state index contributed by atoms with van der Waals surface area (Å²) in [5, 5.41) is 16.2. The van der Waals surface area contributed by atoms with Crippen molar-refractivity contribution in [2.24, 2.45) is 0 Å². The fourth-order valence-electron chi connectivity index (χ4n) is 3.95. The Balaban J connectivity index is 1.39. The van der Waals surface area contributed by atoms with Crippen LogP contribution < -0.4 is 4.96 Å². The molecule has 31 heavy (non-hydrogen) atoms. The van der Waals surface area contributed by atoms with E-state index in [1.165, 1.54) is 10.2 Å². The van der Waals surface area contributed by atoms with E-state index in [-0.39, 0.29) is 29.3 Å². The number of carbonyl (C=O) groups excluding carboxylic acids is 2. The number of ketones is 2. The fourth-order valence-corrected chi connectivity index (χ4v) is 3.95. The minimum atomic E-state index is -0.393. The summed E-state index contributed by atoms with van der Waals surface area (Å²) in [6.45, 7) is 2.30. The molecule has 0 amide bonds. The third-order valence-electron chi connectivity index (χ3n) is 5.67. The zero-order valence-corrected chi connectivity index (χ0v) is 16.9. The van der Waals surface area contributed by atoms with E-state index in [1.54, 1.807) is 24.3 Å². The molecule has 1 aliphatic rings. The molecule has 4 aromatic rings. The molecule has 1 aliphatic carbocycles. The largest absolute Gasteiger partial charge is 0.571 e. The summed E-state index contributed by atoms with van der Waals surface area (Å²) in [7, 11) is 0. The number of nitrogens with zero attached hydrogens (tertiary/aromatic N) is 3. The Labute approximate surface area is 178 Å². The lowest BCUT2D eigenvalue weighted by Gasteiger charge is -2.12. The van der Waals surface area contributed by atoms with Gasteiger partial charge in [-0.25, -0.2) is 0 Å². The molecular formula is C25H19N3O3. The molecule has 0 atom stereocenters. The molecule has 1 aromatic heterocycles. The molecule has 0 spiro atoms. The highest BCUT2D eigenvalue weighted by molar-refractivity contribution is 6.26. The maximum absolute atomic E-state index is 13.0. The highest BCUT2D eigenvalue weighted by Gasteiger charge is 2.38. The Morgan fingerprint density at radius 2 is 1.42 bits per heavy atom. The van der Waals surface area contributed by atoms with Gasteiger partial charge in [0.05, 0.1) is 6.54 Å². The van der Waals surface area contributed by atoms with Crippen molar-refractivity contribution in [2.75, 3.05) is 0 Å². The van der Waals surface area contributed by atoms with Gasteiger partial charge in [-0.05, 0) is 30.0 Å². The van der Waals surface area contributed by atoms with Crippen LogP contribution in [0.4, 0.5) is 0 Å². The molecule has 5 rings (SSSR count). The van der Waals surface area contributed by atoms with Crippen LogP contribution in [0.2, 0.25) is 0 Å². The monoisotopic (exact) mass is 409 g/mol. The average Bonchev–Trinajstić information content (AvgIpc) is 3.13. The van der Waals surface area contributed by atoms with Crippen molar-refractivity contribution in [1.82, 2.24) is 9.78 Å². The van der Waals surface area contributed by atoms with Crippen LogP contribution >= 0.6 is 0 Å². The van der Waals surface area contributed by atoms with Crippen molar-refractivity contribution >= 4 is 11.6 Å². The second kappa shape index (κ2) is 7.32. The van der Waals surface area contributed by atoms with Gasteiger partial charge >= 0.3 is 0 Å². The lowest BCUT2D eigenvalue weighted by atomic mass is 9.90. The molecule has 1 heterocycles. The number of fused-ring (bicyclic) bond motifs is 2. The first-order chi connectivity index (χ1) is 15.0.